The first-order chi connectivity index (χ1) is 16.3. The van der Waals surface area contributed by atoms with Crippen LogP contribution >= 0.6 is 11.3 Å². The molecule has 2 aromatic heterocycles. The van der Waals surface area contributed by atoms with Crippen molar-refractivity contribution >= 4 is 43.3 Å². The Morgan fingerprint density at radius 2 is 1.82 bits per heavy atom. The number of methoxy groups -OCH3 is 1. The summed E-state index contributed by atoms with van der Waals surface area (Å²) >= 11 is 1.43. The Morgan fingerprint density at radius 1 is 1.12 bits per heavy atom. The predicted octanol–water partition coefficient (Wildman–Crippen LogP) is 4.08. The summed E-state index contributed by atoms with van der Waals surface area (Å²) in [4.78, 5) is 17.7. The van der Waals surface area contributed by atoms with E-state index in [-0.39, 0.29) is 10.8 Å². The molecule has 4 rings (SSSR count). The van der Waals surface area contributed by atoms with E-state index in [1.807, 2.05) is 25.1 Å². The van der Waals surface area contributed by atoms with Crippen LogP contribution in [0.5, 0.6) is 5.75 Å². The standard InChI is InChI=1S/C23H25N5O4S2/c1-5-27(6-2)34(30,31)18-10-7-16(8-11-18)22(29)25-21-13-15(3)26-28(21)23-24-19-12-9-17(32-4)14-20(19)33-23/h7-14H,5-6H2,1-4H3,(H,25,29). The molecule has 0 aliphatic heterocycles. The van der Waals surface area contributed by atoms with Gasteiger partial charge in [0.2, 0.25) is 15.2 Å². The third-order valence-electron chi connectivity index (χ3n) is 5.30. The number of anilines is 1. The summed E-state index contributed by atoms with van der Waals surface area (Å²) in [5, 5.41) is 7.95. The Kier molecular flexibility index (Phi) is 6.69. The second kappa shape index (κ2) is 9.53. The molecule has 178 valence electrons. The van der Waals surface area contributed by atoms with Crippen LogP contribution in [0.2, 0.25) is 0 Å². The van der Waals surface area contributed by atoms with E-state index in [9.17, 15) is 13.2 Å². The smallest absolute Gasteiger partial charge is 0.256 e. The number of amides is 1. The fourth-order valence-electron chi connectivity index (χ4n) is 3.52. The van der Waals surface area contributed by atoms with E-state index in [1.54, 1.807) is 31.7 Å². The Bertz CT molecular complexity index is 1440. The lowest BCUT2D eigenvalue weighted by Crippen LogP contribution is -2.30. The van der Waals surface area contributed by atoms with Crippen molar-refractivity contribution in [3.63, 3.8) is 0 Å². The van der Waals surface area contributed by atoms with Crippen LogP contribution in [0.25, 0.3) is 15.3 Å². The first-order valence-corrected chi connectivity index (χ1v) is 13.0. The second-order valence-corrected chi connectivity index (χ2v) is 10.4. The molecule has 4 aromatic rings. The van der Waals surface area contributed by atoms with Crippen LogP contribution in [-0.2, 0) is 10.0 Å². The maximum atomic E-state index is 12.9. The van der Waals surface area contributed by atoms with Crippen LogP contribution in [-0.4, -0.2) is 53.6 Å². The van der Waals surface area contributed by atoms with E-state index in [2.05, 4.69) is 15.4 Å². The largest absolute Gasteiger partial charge is 0.497 e. The average Bonchev–Trinajstić information content (AvgIpc) is 3.41. The van der Waals surface area contributed by atoms with Gasteiger partial charge in [-0.05, 0) is 49.4 Å². The van der Waals surface area contributed by atoms with Crippen molar-refractivity contribution in [1.29, 1.82) is 0 Å². The minimum atomic E-state index is -3.59. The molecule has 0 atom stereocenters. The minimum Gasteiger partial charge on any atom is -0.497 e. The fourth-order valence-corrected chi connectivity index (χ4v) is 5.94. The second-order valence-electron chi connectivity index (χ2n) is 7.48. The first kappa shape index (κ1) is 23.9. The molecular formula is C23H25N5O4S2. The van der Waals surface area contributed by atoms with E-state index in [4.69, 9.17) is 4.74 Å². The number of ether oxygens (including phenoxy) is 1. The molecule has 2 aromatic carbocycles. The molecule has 0 bridgehead atoms. The molecular weight excluding hydrogens is 474 g/mol. The minimum absolute atomic E-state index is 0.151. The van der Waals surface area contributed by atoms with Crippen molar-refractivity contribution in [3.05, 3.63) is 59.8 Å². The van der Waals surface area contributed by atoms with Crippen LogP contribution in [0.4, 0.5) is 5.82 Å². The first-order valence-electron chi connectivity index (χ1n) is 10.7. The number of hydrogen-bond acceptors (Lipinski definition) is 7. The molecule has 11 heteroatoms. The van der Waals surface area contributed by atoms with E-state index >= 15 is 0 Å². The van der Waals surface area contributed by atoms with Crippen molar-refractivity contribution in [2.75, 3.05) is 25.5 Å². The highest BCUT2D eigenvalue weighted by Gasteiger charge is 2.22. The molecule has 0 saturated heterocycles. The molecule has 0 spiro atoms. The number of nitrogens with one attached hydrogen (secondary N) is 1. The van der Waals surface area contributed by atoms with Gasteiger partial charge in [0.05, 0.1) is 27.9 Å². The molecule has 1 amide bonds. The zero-order valence-electron chi connectivity index (χ0n) is 19.3. The highest BCUT2D eigenvalue weighted by atomic mass is 32.2. The highest BCUT2D eigenvalue weighted by Crippen LogP contribution is 2.30. The molecule has 0 unspecified atom stereocenters. The van der Waals surface area contributed by atoms with E-state index in [1.165, 1.54) is 39.9 Å². The van der Waals surface area contributed by atoms with Gasteiger partial charge in [0.15, 0.2) is 0 Å². The van der Waals surface area contributed by atoms with Gasteiger partial charge in [-0.15, -0.1) is 0 Å². The van der Waals surface area contributed by atoms with Crippen LogP contribution in [0.3, 0.4) is 0 Å². The Morgan fingerprint density at radius 3 is 2.47 bits per heavy atom. The molecule has 0 radical (unpaired) electrons. The zero-order chi connectivity index (χ0) is 24.5. The summed E-state index contributed by atoms with van der Waals surface area (Å²) in [5.74, 6) is 0.823. The topological polar surface area (TPSA) is 106 Å². The van der Waals surface area contributed by atoms with Crippen molar-refractivity contribution in [1.82, 2.24) is 19.1 Å². The summed E-state index contributed by atoms with van der Waals surface area (Å²) < 4.78 is 34.5. The van der Waals surface area contributed by atoms with Crippen LogP contribution < -0.4 is 10.1 Å². The number of benzene rings is 2. The summed E-state index contributed by atoms with van der Waals surface area (Å²) in [6.45, 7) is 6.16. The zero-order valence-corrected chi connectivity index (χ0v) is 20.9. The van der Waals surface area contributed by atoms with E-state index in [0.29, 0.717) is 35.3 Å². The lowest BCUT2D eigenvalue weighted by atomic mass is 10.2. The summed E-state index contributed by atoms with van der Waals surface area (Å²) in [6, 6.07) is 13.3. The van der Waals surface area contributed by atoms with Gasteiger partial charge in [-0.25, -0.2) is 13.4 Å². The van der Waals surface area contributed by atoms with E-state index in [0.717, 1.165) is 16.0 Å². The maximum absolute atomic E-state index is 12.9. The van der Waals surface area contributed by atoms with Crippen molar-refractivity contribution < 1.29 is 17.9 Å². The molecule has 2 heterocycles. The number of aryl methyl sites for hydroxylation is 1. The third kappa shape index (κ3) is 4.54. The van der Waals surface area contributed by atoms with E-state index < -0.39 is 10.0 Å². The predicted molar refractivity (Wildman–Crippen MR) is 133 cm³/mol. The SMILES string of the molecule is CCN(CC)S(=O)(=O)c1ccc(C(=O)Nc2cc(C)nn2-c2nc3ccc(OC)cc3s2)cc1. The van der Waals surface area contributed by atoms with Gasteiger partial charge in [-0.3, -0.25) is 4.79 Å². The fraction of sp³-hybridized carbons (Fsp3) is 0.261. The molecule has 1 N–H and O–H groups in total. The maximum Gasteiger partial charge on any atom is 0.256 e. The number of aromatic nitrogens is 3. The third-order valence-corrected chi connectivity index (χ3v) is 8.36. The number of rotatable bonds is 8. The molecule has 0 saturated carbocycles. The number of carbonyl (C=O) groups excluding carboxylic acids is 1. The van der Waals surface area contributed by atoms with Crippen LogP contribution in [0.15, 0.2) is 53.4 Å². The van der Waals surface area contributed by atoms with Crippen molar-refractivity contribution in [3.8, 4) is 10.9 Å². The van der Waals surface area contributed by atoms with Gasteiger partial charge >= 0.3 is 0 Å². The van der Waals surface area contributed by atoms with Gasteiger partial charge in [0, 0.05) is 24.7 Å². The van der Waals surface area contributed by atoms with Gasteiger partial charge in [-0.2, -0.15) is 14.1 Å². The Hall–Kier alpha value is -3.28. The van der Waals surface area contributed by atoms with Crippen molar-refractivity contribution in [2.24, 2.45) is 0 Å². The average molecular weight is 500 g/mol. The van der Waals surface area contributed by atoms with Gasteiger partial charge in [0.1, 0.15) is 11.6 Å². The van der Waals surface area contributed by atoms with Gasteiger partial charge in [0.25, 0.3) is 5.91 Å². The number of fused-ring (bicyclic) bond motifs is 1. The number of nitrogens with zero attached hydrogens (tertiary/aromatic N) is 4. The lowest BCUT2D eigenvalue weighted by molar-refractivity contribution is 0.102. The summed E-state index contributed by atoms with van der Waals surface area (Å²) in [6.07, 6.45) is 0. The monoisotopic (exact) mass is 499 g/mol. The molecule has 9 nitrogen and oxygen atoms in total. The Balaban J connectivity index is 1.59. The van der Waals surface area contributed by atoms with Gasteiger partial charge in [-0.1, -0.05) is 25.2 Å². The quantitative estimate of drug-likeness (QED) is 0.392. The van der Waals surface area contributed by atoms with Crippen LogP contribution in [0.1, 0.15) is 29.9 Å². The molecule has 0 aliphatic carbocycles. The number of hydrogen-bond donors (Lipinski definition) is 1. The summed E-state index contributed by atoms with van der Waals surface area (Å²) in [5.41, 5.74) is 1.85. The normalized spacial score (nSPS) is 11.8. The molecule has 0 fully saturated rings. The van der Waals surface area contributed by atoms with Crippen LogP contribution in [0, 0.1) is 6.92 Å². The number of carbonyl (C=O) groups is 1. The lowest BCUT2D eigenvalue weighted by Gasteiger charge is -2.18. The Labute approximate surface area is 202 Å². The highest BCUT2D eigenvalue weighted by molar-refractivity contribution is 7.89. The summed E-state index contributed by atoms with van der Waals surface area (Å²) in [7, 11) is -1.98. The molecule has 0 aliphatic rings. The number of thiazole rings is 1. The van der Waals surface area contributed by atoms with Crippen molar-refractivity contribution in [2.45, 2.75) is 25.7 Å². The number of sulfonamides is 1. The van der Waals surface area contributed by atoms with Gasteiger partial charge < -0.3 is 10.1 Å². The molecule has 34 heavy (non-hydrogen) atoms.